The molecule has 1 aliphatic heterocycles. The van der Waals surface area contributed by atoms with Crippen LogP contribution in [0.5, 0.6) is 11.5 Å². The minimum Gasteiger partial charge on any atom is -0.490 e. The van der Waals surface area contributed by atoms with Crippen LogP contribution in [0.3, 0.4) is 0 Å². The smallest absolute Gasteiger partial charge is 0.161 e. The molecular formula is C26H31N3O2. The fourth-order valence-corrected chi connectivity index (χ4v) is 3.79. The second kappa shape index (κ2) is 10.8. The number of nitrogens with one attached hydrogen (secondary N) is 1. The van der Waals surface area contributed by atoms with Crippen LogP contribution in [0, 0.1) is 0 Å². The molecular weight excluding hydrogens is 386 g/mol. The number of hydrogen-bond acceptors (Lipinski definition) is 5. The summed E-state index contributed by atoms with van der Waals surface area (Å²) in [5, 5.41) is 3.50. The maximum Gasteiger partial charge on any atom is 0.161 e. The van der Waals surface area contributed by atoms with E-state index in [9.17, 15) is 0 Å². The summed E-state index contributed by atoms with van der Waals surface area (Å²) in [5.41, 5.74) is 3.49. The van der Waals surface area contributed by atoms with E-state index in [1.165, 1.54) is 18.4 Å². The van der Waals surface area contributed by atoms with Crippen LogP contribution in [0.25, 0.3) is 0 Å². The molecule has 1 aromatic heterocycles. The molecule has 31 heavy (non-hydrogen) atoms. The molecule has 0 amide bonds. The predicted octanol–water partition coefficient (Wildman–Crippen LogP) is 4.95. The molecule has 5 nitrogen and oxygen atoms in total. The number of aromatic nitrogens is 1. The summed E-state index contributed by atoms with van der Waals surface area (Å²) in [6.07, 6.45) is 4.52. The van der Waals surface area contributed by atoms with E-state index in [0.717, 1.165) is 54.6 Å². The first kappa shape index (κ1) is 21.2. The molecule has 0 unspecified atom stereocenters. The van der Waals surface area contributed by atoms with Gasteiger partial charge in [0.15, 0.2) is 11.5 Å². The number of benzene rings is 2. The van der Waals surface area contributed by atoms with Gasteiger partial charge in [0, 0.05) is 32.4 Å². The van der Waals surface area contributed by atoms with Gasteiger partial charge in [-0.3, -0.25) is 0 Å². The fraction of sp³-hybridized carbons (Fsp3) is 0.346. The minimum atomic E-state index is 0.527. The maximum atomic E-state index is 6.00. The van der Waals surface area contributed by atoms with E-state index in [1.54, 1.807) is 0 Å². The molecule has 2 heterocycles. The van der Waals surface area contributed by atoms with Gasteiger partial charge in [0.1, 0.15) is 12.4 Å². The average Bonchev–Trinajstić information content (AvgIpc) is 3.35. The van der Waals surface area contributed by atoms with Crippen molar-refractivity contribution in [1.82, 2.24) is 10.3 Å². The third kappa shape index (κ3) is 5.98. The lowest BCUT2D eigenvalue weighted by atomic mass is 10.2. The number of anilines is 1. The van der Waals surface area contributed by atoms with Gasteiger partial charge in [0.05, 0.1) is 6.61 Å². The number of nitrogens with zero attached hydrogens (tertiary/aromatic N) is 2. The van der Waals surface area contributed by atoms with Crippen molar-refractivity contribution in [2.45, 2.75) is 39.5 Å². The van der Waals surface area contributed by atoms with Crippen molar-refractivity contribution in [3.8, 4) is 11.5 Å². The molecule has 1 aliphatic rings. The average molecular weight is 418 g/mol. The molecule has 4 rings (SSSR count). The Labute approximate surface area is 185 Å². The normalized spacial score (nSPS) is 13.4. The van der Waals surface area contributed by atoms with Crippen LogP contribution in [0.4, 0.5) is 5.82 Å². The Morgan fingerprint density at radius 3 is 2.35 bits per heavy atom. The summed E-state index contributed by atoms with van der Waals surface area (Å²) in [6, 6.07) is 20.6. The number of hydrogen-bond donors (Lipinski definition) is 1. The zero-order valence-electron chi connectivity index (χ0n) is 18.2. The van der Waals surface area contributed by atoms with Crippen molar-refractivity contribution < 1.29 is 9.47 Å². The highest BCUT2D eigenvalue weighted by atomic mass is 16.5. The predicted molar refractivity (Wildman–Crippen MR) is 125 cm³/mol. The van der Waals surface area contributed by atoms with E-state index in [-0.39, 0.29) is 0 Å². The molecule has 0 bridgehead atoms. The lowest BCUT2D eigenvalue weighted by Gasteiger charge is -2.16. The van der Waals surface area contributed by atoms with Crippen LogP contribution in [0.2, 0.25) is 0 Å². The summed E-state index contributed by atoms with van der Waals surface area (Å²) < 4.78 is 11.8. The summed E-state index contributed by atoms with van der Waals surface area (Å²) in [4.78, 5) is 6.99. The van der Waals surface area contributed by atoms with Gasteiger partial charge in [-0.05, 0) is 54.7 Å². The zero-order valence-corrected chi connectivity index (χ0v) is 18.2. The molecule has 5 heteroatoms. The van der Waals surface area contributed by atoms with Gasteiger partial charge in [-0.1, -0.05) is 42.5 Å². The highest BCUT2D eigenvalue weighted by Gasteiger charge is 2.13. The lowest BCUT2D eigenvalue weighted by molar-refractivity contribution is 0.269. The Morgan fingerprint density at radius 2 is 1.61 bits per heavy atom. The topological polar surface area (TPSA) is 46.6 Å². The Morgan fingerprint density at radius 1 is 0.839 bits per heavy atom. The van der Waals surface area contributed by atoms with Gasteiger partial charge >= 0.3 is 0 Å². The van der Waals surface area contributed by atoms with E-state index in [0.29, 0.717) is 13.2 Å². The van der Waals surface area contributed by atoms with E-state index in [1.807, 2.05) is 37.4 Å². The first-order chi connectivity index (χ1) is 15.3. The van der Waals surface area contributed by atoms with Crippen LogP contribution in [-0.4, -0.2) is 24.7 Å². The van der Waals surface area contributed by atoms with Crippen LogP contribution < -0.4 is 19.7 Å². The van der Waals surface area contributed by atoms with E-state index in [2.05, 4.69) is 51.6 Å². The minimum absolute atomic E-state index is 0.527. The number of ether oxygens (including phenoxy) is 2. The third-order valence-electron chi connectivity index (χ3n) is 5.44. The second-order valence-electron chi connectivity index (χ2n) is 7.81. The molecule has 2 aromatic carbocycles. The standard InChI is InChI=1S/C26H31N3O2/c1-2-30-25-16-22(10-12-24(25)31-20-21-8-4-3-5-9-21)17-27-18-23-11-13-26(28-19-23)29-14-6-7-15-29/h3-5,8-13,16,19,27H,2,6-7,14-15,17-18,20H2,1H3. The van der Waals surface area contributed by atoms with Crippen molar-refractivity contribution in [3.05, 3.63) is 83.6 Å². The van der Waals surface area contributed by atoms with Crippen LogP contribution in [0.15, 0.2) is 66.9 Å². The Bertz CT molecular complexity index is 939. The maximum absolute atomic E-state index is 6.00. The van der Waals surface area contributed by atoms with Crippen molar-refractivity contribution in [3.63, 3.8) is 0 Å². The lowest BCUT2D eigenvalue weighted by Crippen LogP contribution is -2.19. The molecule has 1 saturated heterocycles. The van der Waals surface area contributed by atoms with Crippen molar-refractivity contribution in [1.29, 1.82) is 0 Å². The Hall–Kier alpha value is -3.05. The quantitative estimate of drug-likeness (QED) is 0.506. The van der Waals surface area contributed by atoms with Gasteiger partial charge in [-0.15, -0.1) is 0 Å². The molecule has 0 radical (unpaired) electrons. The largest absolute Gasteiger partial charge is 0.490 e. The van der Waals surface area contributed by atoms with Gasteiger partial charge in [0.2, 0.25) is 0 Å². The zero-order chi connectivity index (χ0) is 21.3. The molecule has 1 fully saturated rings. The SMILES string of the molecule is CCOc1cc(CNCc2ccc(N3CCCC3)nc2)ccc1OCc1ccccc1. The van der Waals surface area contributed by atoms with Crippen LogP contribution in [0.1, 0.15) is 36.5 Å². The third-order valence-corrected chi connectivity index (χ3v) is 5.44. The molecule has 1 N–H and O–H groups in total. The number of pyridine rings is 1. The summed E-state index contributed by atoms with van der Waals surface area (Å²) in [7, 11) is 0. The van der Waals surface area contributed by atoms with Gasteiger partial charge < -0.3 is 19.7 Å². The summed E-state index contributed by atoms with van der Waals surface area (Å²) in [6.45, 7) is 6.91. The highest BCUT2D eigenvalue weighted by Crippen LogP contribution is 2.29. The Balaban J connectivity index is 1.31. The van der Waals surface area contributed by atoms with Crippen molar-refractivity contribution >= 4 is 5.82 Å². The summed E-state index contributed by atoms with van der Waals surface area (Å²) >= 11 is 0. The van der Waals surface area contributed by atoms with Crippen LogP contribution in [-0.2, 0) is 19.7 Å². The van der Waals surface area contributed by atoms with Gasteiger partial charge in [-0.25, -0.2) is 4.98 Å². The van der Waals surface area contributed by atoms with Crippen LogP contribution >= 0.6 is 0 Å². The van der Waals surface area contributed by atoms with Crippen molar-refractivity contribution in [2.24, 2.45) is 0 Å². The van der Waals surface area contributed by atoms with Gasteiger partial charge in [0.25, 0.3) is 0 Å². The first-order valence-corrected chi connectivity index (χ1v) is 11.1. The van der Waals surface area contributed by atoms with Crippen molar-refractivity contribution in [2.75, 3.05) is 24.6 Å². The van der Waals surface area contributed by atoms with E-state index in [4.69, 9.17) is 9.47 Å². The first-order valence-electron chi connectivity index (χ1n) is 11.1. The molecule has 0 atom stereocenters. The van der Waals surface area contributed by atoms with E-state index >= 15 is 0 Å². The van der Waals surface area contributed by atoms with Gasteiger partial charge in [-0.2, -0.15) is 0 Å². The molecule has 3 aromatic rings. The summed E-state index contributed by atoms with van der Waals surface area (Å²) in [5.74, 6) is 2.65. The second-order valence-corrected chi connectivity index (χ2v) is 7.81. The van der Waals surface area contributed by atoms with E-state index < -0.39 is 0 Å². The number of rotatable bonds is 10. The fourth-order valence-electron chi connectivity index (χ4n) is 3.79. The molecule has 0 spiro atoms. The monoisotopic (exact) mass is 417 g/mol. The molecule has 0 aliphatic carbocycles. The highest BCUT2D eigenvalue weighted by molar-refractivity contribution is 5.43. The molecule has 162 valence electrons. The Kier molecular flexibility index (Phi) is 7.40. The molecule has 0 saturated carbocycles.